The van der Waals surface area contributed by atoms with Crippen LogP contribution in [0.1, 0.15) is 38.8 Å². The molecule has 0 amide bonds. The smallest absolute Gasteiger partial charge is 0.134 e. The summed E-state index contributed by atoms with van der Waals surface area (Å²) in [5.41, 5.74) is 1.33. The first-order valence-electron chi connectivity index (χ1n) is 7.78. The number of phenolic OH excluding ortho intramolecular Hbond substituents is 2. The Labute approximate surface area is 179 Å². The van der Waals surface area contributed by atoms with Crippen molar-refractivity contribution in [2.45, 2.75) is 40.5 Å². The quantitative estimate of drug-likeness (QED) is 0.854. The molecule has 2 aromatic carbocycles. The zero-order chi connectivity index (χ0) is 18.5. The van der Waals surface area contributed by atoms with Crippen LogP contribution >= 0.6 is 0 Å². The van der Waals surface area contributed by atoms with Crippen LogP contribution in [0.3, 0.4) is 0 Å². The minimum atomic E-state index is -0.0186. The number of Topliss-reactive ketones (excluding diaryl/α,β-unsaturated/α-hetero) is 2. The van der Waals surface area contributed by atoms with E-state index in [1.54, 1.807) is 6.07 Å². The van der Waals surface area contributed by atoms with Gasteiger partial charge in [0.1, 0.15) is 23.1 Å². The molecule has 0 saturated heterocycles. The summed E-state index contributed by atoms with van der Waals surface area (Å²) >= 11 is 0. The molecule has 0 unspecified atom stereocenters. The molecule has 2 rings (SSSR count). The summed E-state index contributed by atoms with van der Waals surface area (Å²) in [6.07, 6.45) is 0.885. The van der Waals surface area contributed by atoms with E-state index in [2.05, 4.69) is 0 Å². The molecule has 5 heteroatoms. The van der Waals surface area contributed by atoms with E-state index in [4.69, 9.17) is 0 Å². The number of aryl methyl sites for hydroxylation is 1. The van der Waals surface area contributed by atoms with E-state index in [1.807, 2.05) is 43.3 Å². The monoisotopic (exact) mass is 370 g/mol. The predicted octanol–water partition coefficient (Wildman–Crippen LogP) is 4.07. The Bertz CT molecular complexity index is 609. The Balaban J connectivity index is 0. The Hall–Kier alpha value is -1.36. The molecule has 0 aromatic heterocycles. The second-order valence-electron chi connectivity index (χ2n) is 5.40. The Morgan fingerprint density at radius 3 is 1.48 bits per heavy atom. The molecule has 0 radical (unpaired) electrons. The SMILES string of the molecule is CC(C)=O.CCc1cc(CC(C)=O)c(O)cc1O.[Ar].c1ccccc1. The second kappa shape index (κ2) is 14.9. The van der Waals surface area contributed by atoms with Gasteiger partial charge in [0.2, 0.25) is 0 Å². The van der Waals surface area contributed by atoms with Gasteiger partial charge in [-0.15, -0.1) is 0 Å². The molecule has 2 aromatic rings. The number of hydrogen-bond donors (Lipinski definition) is 2. The molecule has 0 atom stereocenters. The standard InChI is InChI=1S/C11H14O3.C6H6.C3H6O.Ar/c1-3-8-5-9(4-7(2)12)11(14)6-10(8)13;1-2-4-6-5-3-1;1-3(2)4;/h5-6,13-14H,3-4H2,1-2H3;1-6H;1-2H3;. The van der Waals surface area contributed by atoms with Gasteiger partial charge < -0.3 is 15.0 Å². The first-order chi connectivity index (χ1) is 11.3. The summed E-state index contributed by atoms with van der Waals surface area (Å²) < 4.78 is 0. The molecule has 0 aliphatic carbocycles. The van der Waals surface area contributed by atoms with Crippen molar-refractivity contribution in [3.05, 3.63) is 59.7 Å². The van der Waals surface area contributed by atoms with Crippen LogP contribution in [0.5, 0.6) is 11.5 Å². The van der Waals surface area contributed by atoms with Crippen LogP contribution in [0.15, 0.2) is 48.5 Å². The molecular weight excluding hydrogens is 344 g/mol. The zero-order valence-corrected chi connectivity index (χ0v) is 15.8. The van der Waals surface area contributed by atoms with E-state index in [9.17, 15) is 19.8 Å². The Kier molecular flexibility index (Phi) is 15.5. The van der Waals surface area contributed by atoms with Gasteiger partial charge in [0, 0.05) is 55.8 Å². The van der Waals surface area contributed by atoms with Crippen LogP contribution in [-0.4, -0.2) is 21.8 Å². The number of rotatable bonds is 3. The molecule has 0 aliphatic heterocycles. The van der Waals surface area contributed by atoms with E-state index in [0.29, 0.717) is 12.0 Å². The maximum Gasteiger partial charge on any atom is 0.134 e. The number of benzene rings is 2. The number of aromatic hydroxyl groups is 2. The average molecular weight is 370 g/mol. The molecule has 4 nitrogen and oxygen atoms in total. The van der Waals surface area contributed by atoms with Crippen molar-refractivity contribution < 1.29 is 57.5 Å². The number of carbonyl (C=O) groups is 2. The molecule has 0 saturated carbocycles. The summed E-state index contributed by atoms with van der Waals surface area (Å²) in [4.78, 5) is 20.3. The van der Waals surface area contributed by atoms with Crippen molar-refractivity contribution in [1.82, 2.24) is 0 Å². The van der Waals surface area contributed by atoms with E-state index in [-0.39, 0.29) is 67.2 Å². The minimum absolute atomic E-state index is 0. The fraction of sp³-hybridized carbons (Fsp3) is 0.300. The van der Waals surface area contributed by atoms with Crippen molar-refractivity contribution in [2.75, 3.05) is 0 Å². The Morgan fingerprint density at radius 2 is 1.16 bits per heavy atom. The summed E-state index contributed by atoms with van der Waals surface area (Å²) in [5, 5.41) is 18.9. The van der Waals surface area contributed by atoms with Gasteiger partial charge >= 0.3 is 0 Å². The minimum Gasteiger partial charge on any atom is -0.508 e. The number of hydrogen-bond acceptors (Lipinski definition) is 4. The first kappa shape index (κ1) is 25.9. The van der Waals surface area contributed by atoms with Crippen LogP contribution in [-0.2, 0) is 22.4 Å². The largest absolute Gasteiger partial charge is 0.508 e. The number of carbonyl (C=O) groups excluding carboxylic acids is 2. The van der Waals surface area contributed by atoms with Gasteiger partial charge in [0.25, 0.3) is 0 Å². The number of ketones is 2. The van der Waals surface area contributed by atoms with Gasteiger partial charge in [-0.2, -0.15) is 0 Å². The summed E-state index contributed by atoms with van der Waals surface area (Å²) in [6.45, 7) is 6.43. The van der Waals surface area contributed by atoms with Crippen molar-refractivity contribution in [3.63, 3.8) is 0 Å². The van der Waals surface area contributed by atoms with E-state index in [1.165, 1.54) is 26.8 Å². The number of phenols is 2. The van der Waals surface area contributed by atoms with Crippen molar-refractivity contribution in [3.8, 4) is 11.5 Å². The molecule has 2 N–H and O–H groups in total. The summed E-state index contributed by atoms with van der Waals surface area (Å²) in [7, 11) is 0. The molecule has 0 fully saturated rings. The van der Waals surface area contributed by atoms with Crippen LogP contribution in [0, 0.1) is 37.7 Å². The van der Waals surface area contributed by atoms with Gasteiger partial charge in [-0.1, -0.05) is 43.3 Å². The van der Waals surface area contributed by atoms with Gasteiger partial charge in [0.15, 0.2) is 0 Å². The van der Waals surface area contributed by atoms with E-state index < -0.39 is 0 Å². The molecule has 0 spiro atoms. The van der Waals surface area contributed by atoms with E-state index >= 15 is 0 Å². The molecular formula is C20H26ArO4. The van der Waals surface area contributed by atoms with Crippen LogP contribution in [0.25, 0.3) is 0 Å². The first-order valence-corrected chi connectivity index (χ1v) is 7.78. The average Bonchev–Trinajstić information content (AvgIpc) is 2.51. The maximum atomic E-state index is 10.9. The third-order valence-corrected chi connectivity index (χ3v) is 2.77. The third-order valence-electron chi connectivity index (χ3n) is 2.77. The molecule has 138 valence electrons. The maximum absolute atomic E-state index is 10.9. The van der Waals surface area contributed by atoms with Gasteiger partial charge in [-0.3, -0.25) is 4.79 Å². The van der Waals surface area contributed by atoms with Crippen LogP contribution < -0.4 is 0 Å². The van der Waals surface area contributed by atoms with Gasteiger partial charge in [-0.05, 0) is 38.8 Å². The van der Waals surface area contributed by atoms with Gasteiger partial charge in [-0.25, -0.2) is 0 Å². The van der Waals surface area contributed by atoms with Gasteiger partial charge in [0.05, 0.1) is 0 Å². The fourth-order valence-electron chi connectivity index (χ4n) is 1.75. The van der Waals surface area contributed by atoms with Crippen molar-refractivity contribution in [1.29, 1.82) is 0 Å². The molecule has 25 heavy (non-hydrogen) atoms. The second-order valence-corrected chi connectivity index (χ2v) is 5.40. The van der Waals surface area contributed by atoms with E-state index in [0.717, 1.165) is 5.56 Å². The molecule has 0 bridgehead atoms. The topological polar surface area (TPSA) is 74.6 Å². The zero-order valence-electron chi connectivity index (χ0n) is 15.1. The van der Waals surface area contributed by atoms with Crippen LogP contribution in [0.2, 0.25) is 0 Å². The van der Waals surface area contributed by atoms with Crippen molar-refractivity contribution in [2.24, 2.45) is 0 Å². The predicted molar refractivity (Wildman–Crippen MR) is 96.3 cm³/mol. The third kappa shape index (κ3) is 13.6. The van der Waals surface area contributed by atoms with Crippen molar-refractivity contribution >= 4 is 11.6 Å². The Morgan fingerprint density at radius 1 is 0.800 bits per heavy atom. The summed E-state index contributed by atoms with van der Waals surface area (Å²) in [5.74, 6) is 0.222. The molecule has 0 heterocycles. The van der Waals surface area contributed by atoms with Crippen LogP contribution in [0.4, 0.5) is 0 Å². The molecule has 0 aliphatic rings. The fourth-order valence-corrected chi connectivity index (χ4v) is 1.75. The summed E-state index contributed by atoms with van der Waals surface area (Å²) in [6, 6.07) is 15.0. The normalized spacial score (nSPS) is 8.64.